The average Bonchev–Trinajstić information content (AvgIpc) is 2.80. The van der Waals surface area contributed by atoms with Crippen LogP contribution >= 0.6 is 0 Å². The van der Waals surface area contributed by atoms with Gasteiger partial charge in [-0.2, -0.15) is 5.10 Å². The van der Waals surface area contributed by atoms with Crippen molar-refractivity contribution in [2.45, 2.75) is 13.8 Å². The van der Waals surface area contributed by atoms with Crippen LogP contribution in [0, 0.1) is 12.7 Å². The molecule has 0 radical (unpaired) electrons. The van der Waals surface area contributed by atoms with Gasteiger partial charge in [0.2, 0.25) is 0 Å². The van der Waals surface area contributed by atoms with E-state index in [9.17, 15) is 14.0 Å². The number of aryl methyl sites for hydroxylation is 1. The van der Waals surface area contributed by atoms with Gasteiger partial charge in [0.05, 0.1) is 12.3 Å². The molecule has 1 aromatic heterocycles. The predicted octanol–water partition coefficient (Wildman–Crippen LogP) is 2.31. The Kier molecular flexibility index (Phi) is 3.93. The minimum atomic E-state index is -0.590. The third-order valence-electron chi connectivity index (χ3n) is 2.77. The number of para-hydroxylation sites is 1. The van der Waals surface area contributed by atoms with Crippen molar-refractivity contribution in [3.05, 3.63) is 47.0 Å². The summed E-state index contributed by atoms with van der Waals surface area (Å²) in [5, 5.41) is 4.07. The Hall–Kier alpha value is -2.50. The summed E-state index contributed by atoms with van der Waals surface area (Å²) in [6.07, 6.45) is 1.90. The first-order valence-electron chi connectivity index (χ1n) is 6.06. The van der Waals surface area contributed by atoms with Gasteiger partial charge in [0, 0.05) is 11.8 Å². The Morgan fingerprint density at radius 2 is 2.25 bits per heavy atom. The highest BCUT2D eigenvalue weighted by molar-refractivity contribution is 5.90. The normalized spacial score (nSPS) is 10.3. The van der Waals surface area contributed by atoms with Crippen LogP contribution in [-0.2, 0) is 4.74 Å². The largest absolute Gasteiger partial charge is 0.462 e. The van der Waals surface area contributed by atoms with Gasteiger partial charge in [-0.3, -0.25) is 4.79 Å². The number of aldehydes is 1. The maximum absolute atomic E-state index is 13.9. The summed E-state index contributed by atoms with van der Waals surface area (Å²) in [5.41, 5.74) is 0.819. The molecule has 0 aliphatic heterocycles. The highest BCUT2D eigenvalue weighted by atomic mass is 19.1. The Bertz CT molecular complexity index is 664. The van der Waals surface area contributed by atoms with E-state index in [2.05, 4.69) is 5.10 Å². The van der Waals surface area contributed by atoms with Crippen molar-refractivity contribution in [3.8, 4) is 5.69 Å². The van der Waals surface area contributed by atoms with Crippen molar-refractivity contribution in [3.63, 3.8) is 0 Å². The van der Waals surface area contributed by atoms with Crippen LogP contribution in [0.15, 0.2) is 24.4 Å². The van der Waals surface area contributed by atoms with E-state index < -0.39 is 11.8 Å². The fraction of sp³-hybridized carbons (Fsp3) is 0.214. The first kappa shape index (κ1) is 13.9. The molecule has 0 bridgehead atoms. The second-order valence-corrected chi connectivity index (χ2v) is 4.09. The van der Waals surface area contributed by atoms with Gasteiger partial charge in [-0.1, -0.05) is 6.07 Å². The standard InChI is InChI=1S/C14H13FN2O3/c1-3-20-14(19)11-7-17(16-9(11)2)13-10(8-18)5-4-6-12(13)15/h4-8H,3H2,1-2H3. The van der Waals surface area contributed by atoms with Gasteiger partial charge in [0.15, 0.2) is 6.29 Å². The number of hydrogen-bond donors (Lipinski definition) is 0. The number of aromatic nitrogens is 2. The van der Waals surface area contributed by atoms with E-state index in [1.165, 1.54) is 29.1 Å². The van der Waals surface area contributed by atoms with Crippen LogP contribution in [0.3, 0.4) is 0 Å². The van der Waals surface area contributed by atoms with E-state index >= 15 is 0 Å². The zero-order chi connectivity index (χ0) is 14.7. The number of nitrogens with zero attached hydrogens (tertiary/aromatic N) is 2. The number of esters is 1. The molecule has 0 fully saturated rings. The zero-order valence-electron chi connectivity index (χ0n) is 11.1. The maximum Gasteiger partial charge on any atom is 0.341 e. The molecule has 2 rings (SSSR count). The monoisotopic (exact) mass is 276 g/mol. The second kappa shape index (κ2) is 5.64. The molecule has 0 aliphatic rings. The lowest BCUT2D eigenvalue weighted by Crippen LogP contribution is -2.05. The van der Waals surface area contributed by atoms with Gasteiger partial charge in [-0.25, -0.2) is 13.9 Å². The summed E-state index contributed by atoms with van der Waals surface area (Å²) in [5.74, 6) is -1.12. The van der Waals surface area contributed by atoms with Gasteiger partial charge in [-0.05, 0) is 26.0 Å². The summed E-state index contributed by atoms with van der Waals surface area (Å²) < 4.78 is 19.9. The molecular formula is C14H13FN2O3. The van der Waals surface area contributed by atoms with Gasteiger partial charge < -0.3 is 4.74 Å². The summed E-state index contributed by atoms with van der Waals surface area (Å²) in [4.78, 5) is 22.7. The highest BCUT2D eigenvalue weighted by Crippen LogP contribution is 2.19. The maximum atomic E-state index is 13.9. The smallest absolute Gasteiger partial charge is 0.341 e. The minimum Gasteiger partial charge on any atom is -0.462 e. The molecule has 2 aromatic rings. The fourth-order valence-electron chi connectivity index (χ4n) is 1.85. The number of hydrogen-bond acceptors (Lipinski definition) is 4. The van der Waals surface area contributed by atoms with Crippen molar-refractivity contribution in [2.75, 3.05) is 6.61 Å². The Morgan fingerprint density at radius 1 is 1.50 bits per heavy atom. The van der Waals surface area contributed by atoms with E-state index in [1.54, 1.807) is 13.8 Å². The Labute approximate surface area is 115 Å². The lowest BCUT2D eigenvalue weighted by Gasteiger charge is -2.05. The predicted molar refractivity (Wildman–Crippen MR) is 69.6 cm³/mol. The van der Waals surface area contributed by atoms with Crippen LogP contribution in [0.4, 0.5) is 4.39 Å². The lowest BCUT2D eigenvalue weighted by atomic mass is 10.2. The van der Waals surface area contributed by atoms with Crippen molar-refractivity contribution < 1.29 is 18.7 Å². The number of halogens is 1. The fourth-order valence-corrected chi connectivity index (χ4v) is 1.85. The highest BCUT2D eigenvalue weighted by Gasteiger charge is 2.18. The van der Waals surface area contributed by atoms with Crippen molar-refractivity contribution in [1.82, 2.24) is 9.78 Å². The van der Waals surface area contributed by atoms with Crippen LogP contribution in [0.2, 0.25) is 0 Å². The summed E-state index contributed by atoms with van der Waals surface area (Å²) >= 11 is 0. The first-order valence-corrected chi connectivity index (χ1v) is 6.06. The van der Waals surface area contributed by atoms with Crippen LogP contribution in [0.5, 0.6) is 0 Å². The lowest BCUT2D eigenvalue weighted by molar-refractivity contribution is 0.0525. The van der Waals surface area contributed by atoms with Gasteiger partial charge in [0.1, 0.15) is 17.1 Å². The van der Waals surface area contributed by atoms with E-state index in [0.29, 0.717) is 12.0 Å². The molecule has 104 valence electrons. The molecule has 0 spiro atoms. The summed E-state index contributed by atoms with van der Waals surface area (Å²) in [7, 11) is 0. The van der Waals surface area contributed by atoms with Crippen molar-refractivity contribution >= 4 is 12.3 Å². The number of rotatable bonds is 4. The van der Waals surface area contributed by atoms with E-state index in [1.807, 2.05) is 0 Å². The molecule has 0 atom stereocenters. The van der Waals surface area contributed by atoms with Crippen LogP contribution < -0.4 is 0 Å². The van der Waals surface area contributed by atoms with Crippen LogP contribution in [0.25, 0.3) is 5.69 Å². The molecule has 1 aromatic carbocycles. The molecule has 0 N–H and O–H groups in total. The molecule has 5 nitrogen and oxygen atoms in total. The quantitative estimate of drug-likeness (QED) is 0.635. The van der Waals surface area contributed by atoms with E-state index in [0.717, 1.165) is 0 Å². The van der Waals surface area contributed by atoms with Crippen molar-refractivity contribution in [1.29, 1.82) is 0 Å². The molecule has 6 heteroatoms. The molecule has 0 saturated carbocycles. The Morgan fingerprint density at radius 3 is 2.90 bits per heavy atom. The molecular weight excluding hydrogens is 263 g/mol. The molecule has 1 heterocycles. The van der Waals surface area contributed by atoms with E-state index in [-0.39, 0.29) is 23.4 Å². The molecule has 0 unspecified atom stereocenters. The molecule has 20 heavy (non-hydrogen) atoms. The number of carbonyl (C=O) groups excluding carboxylic acids is 2. The van der Waals surface area contributed by atoms with Gasteiger partial charge >= 0.3 is 5.97 Å². The van der Waals surface area contributed by atoms with E-state index in [4.69, 9.17) is 4.74 Å². The van der Waals surface area contributed by atoms with Gasteiger partial charge in [0.25, 0.3) is 0 Å². The Balaban J connectivity index is 2.53. The van der Waals surface area contributed by atoms with Gasteiger partial charge in [-0.15, -0.1) is 0 Å². The topological polar surface area (TPSA) is 61.2 Å². The molecule has 0 saturated heterocycles. The van der Waals surface area contributed by atoms with Crippen LogP contribution in [0.1, 0.15) is 33.3 Å². The third-order valence-corrected chi connectivity index (χ3v) is 2.77. The number of ether oxygens (including phenoxy) is 1. The zero-order valence-corrected chi connectivity index (χ0v) is 11.1. The second-order valence-electron chi connectivity index (χ2n) is 4.09. The van der Waals surface area contributed by atoms with Crippen molar-refractivity contribution in [2.24, 2.45) is 0 Å². The third kappa shape index (κ3) is 2.45. The first-order chi connectivity index (χ1) is 9.58. The molecule has 0 aliphatic carbocycles. The SMILES string of the molecule is CCOC(=O)c1cn(-c2c(F)cccc2C=O)nc1C. The minimum absolute atomic E-state index is 0.0150. The van der Waals surface area contributed by atoms with Crippen LogP contribution in [-0.4, -0.2) is 28.6 Å². The number of benzene rings is 1. The summed E-state index contributed by atoms with van der Waals surface area (Å²) in [6, 6.07) is 4.14. The summed E-state index contributed by atoms with van der Waals surface area (Å²) in [6.45, 7) is 3.55. The average molecular weight is 276 g/mol. The number of carbonyl (C=O) groups is 2. The molecule has 0 amide bonds.